The first-order chi connectivity index (χ1) is 16.3. The van der Waals surface area contributed by atoms with E-state index in [0.29, 0.717) is 24.3 Å². The summed E-state index contributed by atoms with van der Waals surface area (Å²) in [5, 5.41) is 27.0. The molecule has 0 radical (unpaired) electrons. The molecule has 1 spiro atoms. The predicted octanol–water partition coefficient (Wildman–Crippen LogP) is 2.55. The number of hydrogen-bond acceptors (Lipinski definition) is 7. The Morgan fingerprint density at radius 3 is 2.85 bits per heavy atom. The molecule has 1 saturated heterocycles. The molecule has 5 N–H and O–H groups in total. The van der Waals surface area contributed by atoms with Crippen molar-refractivity contribution < 1.29 is 15.0 Å². The highest BCUT2D eigenvalue weighted by Crippen LogP contribution is 2.53. The molecule has 0 bridgehead atoms. The number of amides is 1. The molecule has 4 heterocycles. The molecule has 2 aliphatic rings. The van der Waals surface area contributed by atoms with Gasteiger partial charge in [0.15, 0.2) is 0 Å². The van der Waals surface area contributed by atoms with Crippen LogP contribution in [0.1, 0.15) is 36.2 Å². The summed E-state index contributed by atoms with van der Waals surface area (Å²) in [7, 11) is 0. The van der Waals surface area contributed by atoms with Gasteiger partial charge in [-0.3, -0.25) is 4.79 Å². The summed E-state index contributed by atoms with van der Waals surface area (Å²) in [5.41, 5.74) is 7.97. The molecule has 1 aliphatic heterocycles. The zero-order chi connectivity index (χ0) is 23.8. The molecular formula is C24H23BrN6O3. The Morgan fingerprint density at radius 1 is 1.21 bits per heavy atom. The highest BCUT2D eigenvalue weighted by molar-refractivity contribution is 9.10. The van der Waals surface area contributed by atoms with Gasteiger partial charge in [0, 0.05) is 17.0 Å². The van der Waals surface area contributed by atoms with Gasteiger partial charge in [0.1, 0.15) is 23.9 Å². The Kier molecular flexibility index (Phi) is 4.71. The van der Waals surface area contributed by atoms with E-state index in [1.807, 2.05) is 48.0 Å². The highest BCUT2D eigenvalue weighted by atomic mass is 79.9. The van der Waals surface area contributed by atoms with Crippen LogP contribution in [0, 0.1) is 12.3 Å². The maximum Gasteiger partial charge on any atom is 0.229 e. The van der Waals surface area contributed by atoms with Gasteiger partial charge < -0.3 is 25.8 Å². The number of fused-ring (bicyclic) bond motifs is 2. The number of pyridine rings is 1. The molecule has 3 aromatic heterocycles. The maximum absolute atomic E-state index is 13.3. The van der Waals surface area contributed by atoms with E-state index in [9.17, 15) is 15.0 Å². The zero-order valence-electron chi connectivity index (χ0n) is 18.3. The number of carbonyl (C=O) groups excluding carboxylic acids is 1. The molecule has 1 aliphatic carbocycles. The lowest BCUT2D eigenvalue weighted by molar-refractivity contribution is -0.134. The van der Waals surface area contributed by atoms with E-state index in [0.717, 1.165) is 32.0 Å². The standard InChI is InChI=1S/C24H23BrN6O3/c1-11-14-4-5-31(22(14)28-10-27-11)18-9-24(20(33)19(18)32)8-17(30-23(24)34)13-3-2-12-6-15(25)21(26)29-16(12)7-13/h2-7,10,17-20,32-33H,8-9H2,1H3,(H2,26,29)(H,30,34)/t17-,18-,19+,20+,24-/m1/s1. The number of halogens is 1. The minimum atomic E-state index is -1.20. The summed E-state index contributed by atoms with van der Waals surface area (Å²) in [6.07, 6.45) is 1.69. The third kappa shape index (κ3) is 2.98. The summed E-state index contributed by atoms with van der Waals surface area (Å²) in [6, 6.07) is 8.82. The quantitative estimate of drug-likeness (QED) is 0.317. The van der Waals surface area contributed by atoms with Crippen molar-refractivity contribution in [3.63, 3.8) is 0 Å². The van der Waals surface area contributed by atoms with Crippen LogP contribution in [0.25, 0.3) is 21.9 Å². The molecule has 2 fully saturated rings. The molecule has 1 amide bonds. The summed E-state index contributed by atoms with van der Waals surface area (Å²) in [4.78, 5) is 26.3. The lowest BCUT2D eigenvalue weighted by Gasteiger charge is -2.24. The van der Waals surface area contributed by atoms with Crippen molar-refractivity contribution >= 4 is 49.6 Å². The lowest BCUT2D eigenvalue weighted by Crippen LogP contribution is -2.41. The topological polar surface area (TPSA) is 139 Å². The Bertz CT molecular complexity index is 1470. The van der Waals surface area contributed by atoms with Crippen LogP contribution in [0.15, 0.2) is 47.3 Å². The van der Waals surface area contributed by atoms with Gasteiger partial charge in [-0.15, -0.1) is 0 Å². The predicted molar refractivity (Wildman–Crippen MR) is 130 cm³/mol. The van der Waals surface area contributed by atoms with Crippen LogP contribution in [0.5, 0.6) is 0 Å². The van der Waals surface area contributed by atoms with Crippen LogP contribution >= 0.6 is 15.9 Å². The Labute approximate surface area is 203 Å². The van der Waals surface area contributed by atoms with E-state index >= 15 is 0 Å². The van der Waals surface area contributed by atoms with Crippen molar-refractivity contribution in [3.05, 3.63) is 58.6 Å². The van der Waals surface area contributed by atoms with Crippen LogP contribution in [-0.4, -0.2) is 47.8 Å². The van der Waals surface area contributed by atoms with Crippen LogP contribution in [-0.2, 0) is 4.79 Å². The fourth-order valence-electron chi connectivity index (χ4n) is 5.61. The van der Waals surface area contributed by atoms with Gasteiger partial charge in [0.25, 0.3) is 0 Å². The van der Waals surface area contributed by atoms with Gasteiger partial charge in [0.05, 0.1) is 39.3 Å². The van der Waals surface area contributed by atoms with Crippen molar-refractivity contribution in [1.29, 1.82) is 0 Å². The van der Waals surface area contributed by atoms with Gasteiger partial charge in [-0.05, 0) is 59.5 Å². The number of benzene rings is 1. The Morgan fingerprint density at radius 2 is 2.03 bits per heavy atom. The first-order valence-corrected chi connectivity index (χ1v) is 11.9. The number of rotatable bonds is 2. The smallest absolute Gasteiger partial charge is 0.229 e. The zero-order valence-corrected chi connectivity index (χ0v) is 19.9. The van der Waals surface area contributed by atoms with E-state index in [4.69, 9.17) is 5.73 Å². The second kappa shape index (κ2) is 7.46. The van der Waals surface area contributed by atoms with E-state index < -0.39 is 23.7 Å². The Hall–Kier alpha value is -3.08. The molecule has 1 saturated carbocycles. The lowest BCUT2D eigenvalue weighted by atomic mass is 9.79. The van der Waals surface area contributed by atoms with Crippen molar-refractivity contribution in [2.24, 2.45) is 5.41 Å². The maximum atomic E-state index is 13.3. The fourth-order valence-corrected chi connectivity index (χ4v) is 5.95. The van der Waals surface area contributed by atoms with E-state index in [-0.39, 0.29) is 11.9 Å². The third-order valence-electron chi connectivity index (χ3n) is 7.47. The number of anilines is 1. The van der Waals surface area contributed by atoms with Crippen LogP contribution < -0.4 is 11.1 Å². The number of aryl methyl sites for hydroxylation is 1. The number of nitrogen functional groups attached to an aromatic ring is 1. The number of nitrogens with zero attached hydrogens (tertiary/aromatic N) is 4. The van der Waals surface area contributed by atoms with Crippen molar-refractivity contribution in [1.82, 2.24) is 24.8 Å². The minimum Gasteiger partial charge on any atom is -0.389 e. The number of aromatic nitrogens is 4. The first-order valence-electron chi connectivity index (χ1n) is 11.1. The number of nitrogens with one attached hydrogen (secondary N) is 1. The summed E-state index contributed by atoms with van der Waals surface area (Å²) < 4.78 is 2.58. The summed E-state index contributed by atoms with van der Waals surface area (Å²) in [6.45, 7) is 1.90. The molecule has 0 unspecified atom stereocenters. The average Bonchev–Trinajstić information content (AvgIpc) is 3.46. The number of nitrogens with two attached hydrogens (primary N) is 1. The number of hydrogen-bond donors (Lipinski definition) is 4. The van der Waals surface area contributed by atoms with Crippen molar-refractivity contribution in [2.45, 2.75) is 44.1 Å². The molecule has 174 valence electrons. The van der Waals surface area contributed by atoms with Gasteiger partial charge in [0.2, 0.25) is 5.91 Å². The molecule has 5 atom stereocenters. The first kappa shape index (κ1) is 21.5. The normalized spacial score (nSPS) is 28.9. The monoisotopic (exact) mass is 522 g/mol. The third-order valence-corrected chi connectivity index (χ3v) is 8.11. The summed E-state index contributed by atoms with van der Waals surface area (Å²) >= 11 is 3.40. The SMILES string of the molecule is Cc1ncnc2c1ccn2[C@@H]1C[C@]2(C[C@H](c3ccc4cc(Br)c(N)nc4c3)NC2=O)[C@@H](O)[C@H]1O. The molecule has 9 nitrogen and oxygen atoms in total. The molecule has 34 heavy (non-hydrogen) atoms. The minimum absolute atomic E-state index is 0.253. The van der Waals surface area contributed by atoms with Crippen molar-refractivity contribution in [3.8, 4) is 0 Å². The van der Waals surface area contributed by atoms with Crippen molar-refractivity contribution in [2.75, 3.05) is 5.73 Å². The molecule has 4 aromatic rings. The van der Waals surface area contributed by atoms with Gasteiger partial charge in [-0.25, -0.2) is 15.0 Å². The average molecular weight is 523 g/mol. The van der Waals surface area contributed by atoms with Gasteiger partial charge >= 0.3 is 0 Å². The highest BCUT2D eigenvalue weighted by Gasteiger charge is 2.61. The largest absolute Gasteiger partial charge is 0.389 e. The van der Waals surface area contributed by atoms with E-state index in [1.54, 1.807) is 0 Å². The molecule has 1 aromatic carbocycles. The number of aliphatic hydroxyl groups excluding tert-OH is 2. The number of aliphatic hydroxyl groups is 2. The van der Waals surface area contributed by atoms with Crippen LogP contribution in [0.4, 0.5) is 5.82 Å². The van der Waals surface area contributed by atoms with Gasteiger partial charge in [-0.1, -0.05) is 12.1 Å². The molecule has 6 rings (SSSR count). The van der Waals surface area contributed by atoms with Gasteiger partial charge in [-0.2, -0.15) is 0 Å². The second-order valence-corrected chi connectivity index (χ2v) is 10.2. The van der Waals surface area contributed by atoms with Crippen LogP contribution in [0.2, 0.25) is 0 Å². The number of carbonyl (C=O) groups is 1. The van der Waals surface area contributed by atoms with E-state index in [1.165, 1.54) is 6.33 Å². The fraction of sp³-hybridized carbons (Fsp3) is 0.333. The van der Waals surface area contributed by atoms with Crippen LogP contribution in [0.3, 0.4) is 0 Å². The summed E-state index contributed by atoms with van der Waals surface area (Å²) in [5.74, 6) is 0.143. The van der Waals surface area contributed by atoms with E-state index in [2.05, 4.69) is 36.2 Å². The molecular weight excluding hydrogens is 500 g/mol. The Balaban J connectivity index is 1.34. The second-order valence-electron chi connectivity index (χ2n) is 9.32. The molecule has 10 heteroatoms.